The largest absolute Gasteiger partial charge is 0.379 e. The first-order valence-electron chi connectivity index (χ1n) is 6.14. The van der Waals surface area contributed by atoms with Crippen LogP contribution in [0.1, 0.15) is 33.6 Å². The standard InChI is InChI=1S/C11H26N2O3S/c1-10(2)16-8-6-5-7-13-17(14,15)11(3)9-12-4/h10-13H,5-9H2,1-4H3. The maximum absolute atomic E-state index is 11.7. The van der Waals surface area contributed by atoms with Crippen LogP contribution in [0.3, 0.4) is 0 Å². The third-order valence-electron chi connectivity index (χ3n) is 2.35. The highest BCUT2D eigenvalue weighted by Gasteiger charge is 2.18. The highest BCUT2D eigenvalue weighted by Crippen LogP contribution is 1.98. The first-order chi connectivity index (χ1) is 7.90. The van der Waals surface area contributed by atoms with Crippen molar-refractivity contribution in [2.24, 2.45) is 0 Å². The van der Waals surface area contributed by atoms with Crippen molar-refractivity contribution in [3.63, 3.8) is 0 Å². The Morgan fingerprint density at radius 2 is 1.82 bits per heavy atom. The zero-order valence-corrected chi connectivity index (χ0v) is 12.1. The summed E-state index contributed by atoms with van der Waals surface area (Å²) in [5.41, 5.74) is 0. The molecule has 0 radical (unpaired) electrons. The number of unbranched alkanes of at least 4 members (excludes halogenated alkanes) is 1. The summed E-state index contributed by atoms with van der Waals surface area (Å²) in [5.74, 6) is 0. The van der Waals surface area contributed by atoms with Crippen molar-refractivity contribution in [3.05, 3.63) is 0 Å². The molecule has 0 aliphatic carbocycles. The summed E-state index contributed by atoms with van der Waals surface area (Å²) in [5, 5.41) is 2.45. The fraction of sp³-hybridized carbons (Fsp3) is 1.00. The molecule has 0 heterocycles. The Morgan fingerprint density at radius 1 is 1.18 bits per heavy atom. The summed E-state index contributed by atoms with van der Waals surface area (Å²) >= 11 is 0. The van der Waals surface area contributed by atoms with E-state index in [-0.39, 0.29) is 6.10 Å². The van der Waals surface area contributed by atoms with Crippen molar-refractivity contribution in [1.29, 1.82) is 0 Å². The lowest BCUT2D eigenvalue weighted by molar-refractivity contribution is 0.0762. The van der Waals surface area contributed by atoms with Gasteiger partial charge in [-0.05, 0) is 40.7 Å². The summed E-state index contributed by atoms with van der Waals surface area (Å²) in [6, 6.07) is 0. The van der Waals surface area contributed by atoms with Crippen LogP contribution in [0.15, 0.2) is 0 Å². The van der Waals surface area contributed by atoms with Crippen molar-refractivity contribution >= 4 is 10.0 Å². The maximum atomic E-state index is 11.7. The molecule has 104 valence electrons. The van der Waals surface area contributed by atoms with Crippen LogP contribution in [0.5, 0.6) is 0 Å². The third kappa shape index (κ3) is 8.54. The highest BCUT2D eigenvalue weighted by molar-refractivity contribution is 7.90. The van der Waals surface area contributed by atoms with Gasteiger partial charge in [0, 0.05) is 19.7 Å². The van der Waals surface area contributed by atoms with Gasteiger partial charge in [-0.25, -0.2) is 13.1 Å². The molecule has 0 aromatic carbocycles. The van der Waals surface area contributed by atoms with Crippen molar-refractivity contribution in [2.45, 2.75) is 45.0 Å². The summed E-state index contributed by atoms with van der Waals surface area (Å²) < 4.78 is 31.3. The topological polar surface area (TPSA) is 67.4 Å². The van der Waals surface area contributed by atoms with E-state index in [4.69, 9.17) is 4.74 Å². The number of hydrogen-bond acceptors (Lipinski definition) is 4. The molecule has 0 fully saturated rings. The molecule has 0 bridgehead atoms. The van der Waals surface area contributed by atoms with Crippen molar-refractivity contribution in [2.75, 3.05) is 26.7 Å². The van der Waals surface area contributed by atoms with Gasteiger partial charge in [0.1, 0.15) is 0 Å². The minimum absolute atomic E-state index is 0.238. The molecule has 0 spiro atoms. The Labute approximate surface area is 105 Å². The molecule has 0 aliphatic rings. The average molecular weight is 266 g/mol. The minimum atomic E-state index is -3.18. The molecule has 1 unspecified atom stereocenters. The SMILES string of the molecule is CNCC(C)S(=O)(=O)NCCCCOC(C)C. The number of hydrogen-bond donors (Lipinski definition) is 2. The quantitative estimate of drug-likeness (QED) is 0.572. The number of rotatable bonds is 10. The second-order valence-electron chi connectivity index (χ2n) is 4.43. The summed E-state index contributed by atoms with van der Waals surface area (Å²) in [4.78, 5) is 0. The number of nitrogens with one attached hydrogen (secondary N) is 2. The average Bonchev–Trinajstić information content (AvgIpc) is 2.23. The molecular weight excluding hydrogens is 240 g/mol. The van der Waals surface area contributed by atoms with E-state index in [1.54, 1.807) is 14.0 Å². The maximum Gasteiger partial charge on any atom is 0.215 e. The van der Waals surface area contributed by atoms with Crippen LogP contribution >= 0.6 is 0 Å². The van der Waals surface area contributed by atoms with E-state index < -0.39 is 15.3 Å². The predicted octanol–water partition coefficient (Wildman–Crippen LogP) is 0.719. The lowest BCUT2D eigenvalue weighted by Crippen LogP contribution is -2.38. The Morgan fingerprint density at radius 3 is 2.35 bits per heavy atom. The second-order valence-corrected chi connectivity index (χ2v) is 6.62. The van der Waals surface area contributed by atoms with Crippen LogP contribution in [0, 0.1) is 0 Å². The van der Waals surface area contributed by atoms with Gasteiger partial charge in [0.05, 0.1) is 11.4 Å². The molecule has 5 nitrogen and oxygen atoms in total. The van der Waals surface area contributed by atoms with Gasteiger partial charge in [-0.3, -0.25) is 0 Å². The van der Waals surface area contributed by atoms with E-state index >= 15 is 0 Å². The molecule has 17 heavy (non-hydrogen) atoms. The smallest absolute Gasteiger partial charge is 0.215 e. The normalized spacial score (nSPS) is 14.2. The highest BCUT2D eigenvalue weighted by atomic mass is 32.2. The molecule has 0 aliphatic heterocycles. The van der Waals surface area contributed by atoms with Crippen LogP contribution in [0.4, 0.5) is 0 Å². The first-order valence-corrected chi connectivity index (χ1v) is 7.69. The number of ether oxygens (including phenoxy) is 1. The van der Waals surface area contributed by atoms with Crippen molar-refractivity contribution < 1.29 is 13.2 Å². The van der Waals surface area contributed by atoms with E-state index in [1.165, 1.54) is 0 Å². The zero-order chi connectivity index (χ0) is 13.3. The molecule has 0 saturated heterocycles. The van der Waals surface area contributed by atoms with Gasteiger partial charge >= 0.3 is 0 Å². The third-order valence-corrected chi connectivity index (χ3v) is 4.18. The summed E-state index contributed by atoms with van der Waals surface area (Å²) in [7, 11) is -1.43. The second kappa shape index (κ2) is 8.85. The van der Waals surface area contributed by atoms with Crippen LogP contribution in [0.2, 0.25) is 0 Å². The molecule has 0 aromatic rings. The van der Waals surface area contributed by atoms with Crippen molar-refractivity contribution in [1.82, 2.24) is 10.0 Å². The molecular formula is C11H26N2O3S. The van der Waals surface area contributed by atoms with Gasteiger partial charge in [0.15, 0.2) is 0 Å². The molecule has 2 N–H and O–H groups in total. The summed E-state index contributed by atoms with van der Waals surface area (Å²) in [6.07, 6.45) is 1.92. The minimum Gasteiger partial charge on any atom is -0.379 e. The molecule has 0 rings (SSSR count). The number of sulfonamides is 1. The van der Waals surface area contributed by atoms with E-state index in [0.717, 1.165) is 12.8 Å². The van der Waals surface area contributed by atoms with Crippen LogP contribution in [0.25, 0.3) is 0 Å². The van der Waals surface area contributed by atoms with Gasteiger partial charge in [0.25, 0.3) is 0 Å². The molecule has 6 heteroatoms. The molecule has 0 aromatic heterocycles. The van der Waals surface area contributed by atoms with Crippen LogP contribution in [-0.4, -0.2) is 46.5 Å². The Kier molecular flexibility index (Phi) is 8.77. The molecule has 1 atom stereocenters. The van der Waals surface area contributed by atoms with Gasteiger partial charge < -0.3 is 10.1 Å². The van der Waals surface area contributed by atoms with Crippen LogP contribution < -0.4 is 10.0 Å². The van der Waals surface area contributed by atoms with Gasteiger partial charge in [-0.2, -0.15) is 0 Å². The predicted molar refractivity (Wildman–Crippen MR) is 70.6 cm³/mol. The van der Waals surface area contributed by atoms with Gasteiger partial charge in [-0.15, -0.1) is 0 Å². The van der Waals surface area contributed by atoms with Crippen molar-refractivity contribution in [3.8, 4) is 0 Å². The zero-order valence-electron chi connectivity index (χ0n) is 11.3. The van der Waals surface area contributed by atoms with E-state index in [9.17, 15) is 8.42 Å². The lowest BCUT2D eigenvalue weighted by atomic mass is 10.3. The fourth-order valence-corrected chi connectivity index (χ4v) is 2.40. The monoisotopic (exact) mass is 266 g/mol. The fourth-order valence-electron chi connectivity index (χ4n) is 1.30. The van der Waals surface area contributed by atoms with E-state index in [1.807, 2.05) is 13.8 Å². The lowest BCUT2D eigenvalue weighted by Gasteiger charge is -2.13. The van der Waals surface area contributed by atoms with Crippen LogP contribution in [-0.2, 0) is 14.8 Å². The van der Waals surface area contributed by atoms with E-state index in [0.29, 0.717) is 19.7 Å². The first kappa shape index (κ1) is 16.8. The Bertz CT molecular complexity index is 278. The molecule has 0 saturated carbocycles. The Hall–Kier alpha value is -0.170. The van der Waals surface area contributed by atoms with E-state index in [2.05, 4.69) is 10.0 Å². The van der Waals surface area contributed by atoms with Gasteiger partial charge in [0.2, 0.25) is 10.0 Å². The summed E-state index contributed by atoms with van der Waals surface area (Å²) in [6.45, 7) is 7.31. The molecule has 0 amide bonds. The van der Waals surface area contributed by atoms with Gasteiger partial charge in [-0.1, -0.05) is 0 Å². The Balaban J connectivity index is 3.66.